The van der Waals surface area contributed by atoms with E-state index in [1.807, 2.05) is 23.6 Å². The number of rotatable bonds is 5. The molecule has 0 unspecified atom stereocenters. The smallest absolute Gasteiger partial charge is 0.241 e. The van der Waals surface area contributed by atoms with Crippen LogP contribution in [0.5, 0.6) is 0 Å². The number of thiophene rings is 1. The van der Waals surface area contributed by atoms with Crippen molar-refractivity contribution in [2.45, 2.75) is 13.1 Å². The lowest BCUT2D eigenvalue weighted by Gasteiger charge is -2.09. The first-order chi connectivity index (χ1) is 10.3. The van der Waals surface area contributed by atoms with E-state index in [9.17, 15) is 4.79 Å². The highest BCUT2D eigenvalue weighted by Crippen LogP contribution is 2.23. The molecule has 0 bridgehead atoms. The van der Waals surface area contributed by atoms with Crippen LogP contribution in [0.25, 0.3) is 11.3 Å². The van der Waals surface area contributed by atoms with E-state index in [-0.39, 0.29) is 12.5 Å². The summed E-state index contributed by atoms with van der Waals surface area (Å²) in [6.45, 7) is 0.681. The van der Waals surface area contributed by atoms with E-state index in [4.69, 9.17) is 0 Å². The number of hydrogen-bond donors (Lipinski definition) is 1. The number of amides is 1. The zero-order chi connectivity index (χ0) is 14.5. The van der Waals surface area contributed by atoms with Crippen molar-refractivity contribution in [3.8, 4) is 11.3 Å². The second-order valence-corrected chi connectivity index (χ2v) is 5.28. The molecule has 1 N–H and O–H groups in total. The zero-order valence-electron chi connectivity index (χ0n) is 11.3. The lowest BCUT2D eigenvalue weighted by molar-refractivity contribution is -0.122. The fourth-order valence-electron chi connectivity index (χ4n) is 2.03. The van der Waals surface area contributed by atoms with Gasteiger partial charge in [-0.25, -0.2) is 0 Å². The van der Waals surface area contributed by atoms with Crippen LogP contribution in [0.4, 0.5) is 0 Å². The lowest BCUT2D eigenvalue weighted by Crippen LogP contribution is -2.27. The number of carbonyl (C=O) groups is 1. The van der Waals surface area contributed by atoms with Crippen LogP contribution < -0.4 is 5.32 Å². The van der Waals surface area contributed by atoms with Crippen LogP contribution in [0, 0.1) is 0 Å². The molecule has 3 rings (SSSR count). The van der Waals surface area contributed by atoms with E-state index in [0.29, 0.717) is 6.54 Å². The Bertz CT molecular complexity index is 707. The van der Waals surface area contributed by atoms with Crippen molar-refractivity contribution in [1.29, 1.82) is 0 Å². The highest BCUT2D eigenvalue weighted by atomic mass is 32.1. The van der Waals surface area contributed by atoms with Gasteiger partial charge >= 0.3 is 0 Å². The average molecular weight is 298 g/mol. The minimum Gasteiger partial charge on any atom is -0.350 e. The Balaban J connectivity index is 1.67. The Morgan fingerprint density at radius 1 is 1.29 bits per heavy atom. The summed E-state index contributed by atoms with van der Waals surface area (Å²) in [5.41, 5.74) is 3.00. The van der Waals surface area contributed by atoms with Gasteiger partial charge in [-0.15, -0.1) is 0 Å². The molecule has 5 nitrogen and oxygen atoms in total. The third-order valence-electron chi connectivity index (χ3n) is 3.03. The van der Waals surface area contributed by atoms with Gasteiger partial charge in [-0.3, -0.25) is 14.5 Å². The maximum atomic E-state index is 11.9. The van der Waals surface area contributed by atoms with E-state index >= 15 is 0 Å². The molecule has 0 aliphatic heterocycles. The van der Waals surface area contributed by atoms with Crippen molar-refractivity contribution >= 4 is 17.2 Å². The van der Waals surface area contributed by atoms with E-state index in [2.05, 4.69) is 20.8 Å². The number of nitrogens with zero attached hydrogens (tertiary/aromatic N) is 3. The summed E-state index contributed by atoms with van der Waals surface area (Å²) in [5.74, 6) is -0.0705. The van der Waals surface area contributed by atoms with Gasteiger partial charge in [0.25, 0.3) is 0 Å². The largest absolute Gasteiger partial charge is 0.350 e. The fraction of sp³-hybridized carbons (Fsp3) is 0.133. The first-order valence-electron chi connectivity index (χ1n) is 6.53. The molecule has 106 valence electrons. The Morgan fingerprint density at radius 3 is 3.00 bits per heavy atom. The molecule has 0 fully saturated rings. The molecule has 0 aromatic carbocycles. The quantitative estimate of drug-likeness (QED) is 0.786. The van der Waals surface area contributed by atoms with Crippen LogP contribution in [-0.2, 0) is 17.9 Å². The standard InChI is InChI=1S/C15H14N4OS/c20-14(10-19-7-2-6-18-19)17-9-12-3-1-5-16-15(12)13-4-8-21-11-13/h1-8,11H,9-10H2,(H,17,20). The number of hydrogen-bond acceptors (Lipinski definition) is 4. The molecule has 0 spiro atoms. The molecule has 1 amide bonds. The number of pyridine rings is 1. The third-order valence-corrected chi connectivity index (χ3v) is 3.71. The molecule has 0 aliphatic rings. The van der Waals surface area contributed by atoms with Gasteiger partial charge in [0.2, 0.25) is 5.91 Å². The zero-order valence-corrected chi connectivity index (χ0v) is 12.1. The highest BCUT2D eigenvalue weighted by Gasteiger charge is 2.08. The molecule has 0 saturated heterocycles. The number of nitrogens with one attached hydrogen (secondary N) is 1. The minimum absolute atomic E-state index is 0.0705. The molecular formula is C15H14N4OS. The third kappa shape index (κ3) is 3.35. The first-order valence-corrected chi connectivity index (χ1v) is 7.48. The van der Waals surface area contributed by atoms with Gasteiger partial charge in [0.1, 0.15) is 6.54 Å². The normalized spacial score (nSPS) is 10.5. The Labute approximate surface area is 126 Å². The van der Waals surface area contributed by atoms with Crippen LogP contribution in [0.2, 0.25) is 0 Å². The van der Waals surface area contributed by atoms with Crippen LogP contribution >= 0.6 is 11.3 Å². The molecule has 0 saturated carbocycles. The summed E-state index contributed by atoms with van der Waals surface area (Å²) in [6, 6.07) is 7.68. The predicted octanol–water partition coefficient (Wildman–Crippen LogP) is 2.32. The van der Waals surface area contributed by atoms with E-state index < -0.39 is 0 Å². The van der Waals surface area contributed by atoms with Crippen LogP contribution in [0.1, 0.15) is 5.56 Å². The summed E-state index contributed by atoms with van der Waals surface area (Å²) < 4.78 is 1.60. The topological polar surface area (TPSA) is 59.8 Å². The monoisotopic (exact) mass is 298 g/mol. The van der Waals surface area contributed by atoms with Gasteiger partial charge in [-0.2, -0.15) is 16.4 Å². The van der Waals surface area contributed by atoms with Gasteiger partial charge in [0.05, 0.1) is 5.69 Å². The second kappa shape index (κ2) is 6.32. The SMILES string of the molecule is O=C(Cn1cccn1)NCc1cccnc1-c1ccsc1. The van der Waals surface area contributed by atoms with E-state index in [1.165, 1.54) is 0 Å². The molecule has 6 heteroatoms. The van der Waals surface area contributed by atoms with E-state index in [1.54, 1.807) is 40.7 Å². The van der Waals surface area contributed by atoms with Gasteiger partial charge < -0.3 is 5.32 Å². The summed E-state index contributed by atoms with van der Waals surface area (Å²) in [5, 5.41) is 11.0. The summed E-state index contributed by atoms with van der Waals surface area (Å²) in [6.07, 6.45) is 5.19. The van der Waals surface area contributed by atoms with Gasteiger partial charge in [-0.05, 0) is 29.1 Å². The molecule has 3 aromatic rings. The maximum absolute atomic E-state index is 11.9. The first kappa shape index (κ1) is 13.5. The Morgan fingerprint density at radius 2 is 2.24 bits per heavy atom. The molecule has 3 aromatic heterocycles. The Kier molecular flexibility index (Phi) is 4.07. The van der Waals surface area contributed by atoms with Gasteiger partial charge in [-0.1, -0.05) is 6.07 Å². The molecule has 0 radical (unpaired) electrons. The molecule has 0 aliphatic carbocycles. The fourth-order valence-corrected chi connectivity index (χ4v) is 2.67. The van der Waals surface area contributed by atoms with Crippen molar-refractivity contribution in [1.82, 2.24) is 20.1 Å². The number of aromatic nitrogens is 3. The van der Waals surface area contributed by atoms with Crippen LogP contribution in [0.15, 0.2) is 53.6 Å². The predicted molar refractivity (Wildman–Crippen MR) is 81.6 cm³/mol. The molecule has 3 heterocycles. The van der Waals surface area contributed by atoms with Crippen molar-refractivity contribution in [3.05, 3.63) is 59.2 Å². The van der Waals surface area contributed by atoms with Crippen molar-refractivity contribution < 1.29 is 4.79 Å². The van der Waals surface area contributed by atoms with E-state index in [0.717, 1.165) is 16.8 Å². The average Bonchev–Trinajstić information content (AvgIpc) is 3.18. The maximum Gasteiger partial charge on any atom is 0.241 e. The summed E-state index contributed by atoms with van der Waals surface area (Å²) >= 11 is 1.63. The van der Waals surface area contributed by atoms with Crippen LogP contribution in [-0.4, -0.2) is 20.7 Å². The minimum atomic E-state index is -0.0705. The van der Waals surface area contributed by atoms with Crippen molar-refractivity contribution in [2.75, 3.05) is 0 Å². The number of carbonyl (C=O) groups excluding carboxylic acids is 1. The van der Waals surface area contributed by atoms with Crippen molar-refractivity contribution in [2.24, 2.45) is 0 Å². The summed E-state index contributed by atoms with van der Waals surface area (Å²) in [7, 11) is 0. The lowest BCUT2D eigenvalue weighted by atomic mass is 10.1. The molecule has 21 heavy (non-hydrogen) atoms. The molecule has 0 atom stereocenters. The van der Waals surface area contributed by atoms with Gasteiger partial charge in [0.15, 0.2) is 0 Å². The molecular weight excluding hydrogens is 284 g/mol. The van der Waals surface area contributed by atoms with Crippen LogP contribution in [0.3, 0.4) is 0 Å². The van der Waals surface area contributed by atoms with Crippen molar-refractivity contribution in [3.63, 3.8) is 0 Å². The summed E-state index contributed by atoms with van der Waals surface area (Å²) in [4.78, 5) is 16.3. The second-order valence-electron chi connectivity index (χ2n) is 4.50. The van der Waals surface area contributed by atoms with Gasteiger partial charge in [0, 0.05) is 36.1 Å². The Hall–Kier alpha value is -2.47. The highest BCUT2D eigenvalue weighted by molar-refractivity contribution is 7.08.